The van der Waals surface area contributed by atoms with E-state index < -0.39 is 0 Å². The zero-order valence-electron chi connectivity index (χ0n) is 15.1. The van der Waals surface area contributed by atoms with Crippen LogP contribution in [0.15, 0.2) is 48.5 Å². The van der Waals surface area contributed by atoms with Crippen molar-refractivity contribution >= 4 is 17.3 Å². The fraction of sp³-hybridized carbons (Fsp3) is 0.316. The second-order valence-electron chi connectivity index (χ2n) is 5.17. The normalized spacial score (nSPS) is 9.54. The molecule has 0 aliphatic rings. The molecule has 0 aliphatic carbocycles. The highest BCUT2D eigenvalue weighted by Gasteiger charge is 2.00. The molecule has 0 saturated heterocycles. The molecular weight excluding hydrogens is 353 g/mol. The number of ether oxygens (including phenoxy) is 2. The van der Waals surface area contributed by atoms with Gasteiger partial charge >= 0.3 is 0 Å². The highest BCUT2D eigenvalue weighted by atomic mass is 32.1. The molecule has 0 saturated carbocycles. The molecule has 7 heteroatoms. The molecule has 0 radical (unpaired) electrons. The van der Waals surface area contributed by atoms with E-state index in [0.717, 1.165) is 30.0 Å². The highest BCUT2D eigenvalue weighted by Crippen LogP contribution is 2.25. The number of hydrogen-bond donors (Lipinski definition) is 3. The van der Waals surface area contributed by atoms with E-state index in [4.69, 9.17) is 27.4 Å². The number of benzene rings is 2. The fourth-order valence-electron chi connectivity index (χ4n) is 1.97. The average molecular weight is 380 g/mol. The molecule has 0 bridgehead atoms. The van der Waals surface area contributed by atoms with Crippen molar-refractivity contribution in [3.05, 3.63) is 59.9 Å². The largest absolute Gasteiger partial charge is 0.493 e. The predicted molar refractivity (Wildman–Crippen MR) is 107 cm³/mol. The van der Waals surface area contributed by atoms with Crippen molar-refractivity contribution < 1.29 is 13.9 Å². The lowest BCUT2D eigenvalue weighted by atomic mass is 10.1. The van der Waals surface area contributed by atoms with Gasteiger partial charge in [0, 0.05) is 20.1 Å². The summed E-state index contributed by atoms with van der Waals surface area (Å²) in [5.41, 5.74) is 6.40. The Bertz CT molecular complexity index is 653. The number of hydrogen-bond acceptors (Lipinski definition) is 4. The Balaban J connectivity index is 0.000000263. The number of thiocarbonyl (C=S) groups is 1. The molecule has 0 unspecified atom stereocenters. The predicted octanol–water partition coefficient (Wildman–Crippen LogP) is 2.49. The van der Waals surface area contributed by atoms with Crippen LogP contribution in [0.4, 0.5) is 4.39 Å². The van der Waals surface area contributed by atoms with E-state index in [1.807, 2.05) is 24.3 Å². The quantitative estimate of drug-likeness (QED) is 0.642. The molecule has 142 valence electrons. The van der Waals surface area contributed by atoms with Gasteiger partial charge in [-0.2, -0.15) is 0 Å². The SMILES string of the molecule is CNC(=S)NCCc1ccc(F)cc1.COc1ccccc1OCCN. The third-order valence-electron chi connectivity index (χ3n) is 3.28. The Labute approximate surface area is 159 Å². The van der Waals surface area contributed by atoms with E-state index in [-0.39, 0.29) is 5.82 Å². The minimum absolute atomic E-state index is 0.201. The van der Waals surface area contributed by atoms with Crippen molar-refractivity contribution in [2.75, 3.05) is 33.9 Å². The minimum atomic E-state index is -0.201. The first-order valence-corrected chi connectivity index (χ1v) is 8.67. The summed E-state index contributed by atoms with van der Waals surface area (Å²) in [4.78, 5) is 0. The van der Waals surface area contributed by atoms with E-state index >= 15 is 0 Å². The summed E-state index contributed by atoms with van der Waals surface area (Å²) in [5, 5.41) is 6.47. The van der Waals surface area contributed by atoms with Gasteiger partial charge in [-0.25, -0.2) is 4.39 Å². The molecule has 2 aromatic rings. The van der Waals surface area contributed by atoms with Gasteiger partial charge in [0.25, 0.3) is 0 Å². The van der Waals surface area contributed by atoms with E-state index in [0.29, 0.717) is 18.3 Å². The zero-order valence-corrected chi connectivity index (χ0v) is 15.9. The van der Waals surface area contributed by atoms with Gasteiger partial charge < -0.3 is 25.8 Å². The van der Waals surface area contributed by atoms with Crippen LogP contribution in [0.25, 0.3) is 0 Å². The standard InChI is InChI=1S/C10H13FN2S.C9H13NO2/c1-12-10(14)13-7-6-8-2-4-9(11)5-3-8;1-11-8-4-2-3-5-9(8)12-7-6-10/h2-5H,6-7H2,1H3,(H2,12,13,14);2-5H,6-7,10H2,1H3. The number of para-hydroxylation sites is 2. The first-order chi connectivity index (χ1) is 12.6. The molecule has 0 aromatic heterocycles. The molecule has 0 fully saturated rings. The molecule has 2 aromatic carbocycles. The second-order valence-corrected chi connectivity index (χ2v) is 5.58. The maximum absolute atomic E-state index is 12.5. The van der Waals surface area contributed by atoms with Crippen LogP contribution < -0.4 is 25.8 Å². The van der Waals surface area contributed by atoms with Crippen LogP contribution in [0.1, 0.15) is 5.56 Å². The topological polar surface area (TPSA) is 68.5 Å². The fourth-order valence-corrected chi connectivity index (χ4v) is 2.07. The summed E-state index contributed by atoms with van der Waals surface area (Å²) in [6.07, 6.45) is 0.835. The molecule has 4 N–H and O–H groups in total. The number of nitrogens with one attached hydrogen (secondary N) is 2. The summed E-state index contributed by atoms with van der Waals surface area (Å²) < 4.78 is 22.9. The van der Waals surface area contributed by atoms with Crippen LogP contribution >= 0.6 is 12.2 Å². The first kappa shape index (κ1) is 21.7. The maximum atomic E-state index is 12.5. The highest BCUT2D eigenvalue weighted by molar-refractivity contribution is 7.80. The van der Waals surface area contributed by atoms with Gasteiger partial charge in [0.15, 0.2) is 16.6 Å². The Morgan fingerprint density at radius 3 is 2.35 bits per heavy atom. The molecule has 0 atom stereocenters. The second kappa shape index (κ2) is 12.9. The van der Waals surface area contributed by atoms with Gasteiger partial charge in [-0.3, -0.25) is 0 Å². The van der Waals surface area contributed by atoms with Gasteiger partial charge in [0.1, 0.15) is 12.4 Å². The Morgan fingerprint density at radius 2 is 1.77 bits per heavy atom. The van der Waals surface area contributed by atoms with Gasteiger partial charge in [0.05, 0.1) is 7.11 Å². The van der Waals surface area contributed by atoms with Crippen LogP contribution in [-0.2, 0) is 6.42 Å². The van der Waals surface area contributed by atoms with E-state index in [2.05, 4.69) is 10.6 Å². The molecule has 0 heterocycles. The number of halogens is 1. The third kappa shape index (κ3) is 8.64. The first-order valence-electron chi connectivity index (χ1n) is 8.26. The van der Waals surface area contributed by atoms with E-state index in [1.165, 1.54) is 12.1 Å². The number of nitrogens with two attached hydrogens (primary N) is 1. The van der Waals surface area contributed by atoms with Crippen molar-refractivity contribution in [3.8, 4) is 11.5 Å². The zero-order chi connectivity index (χ0) is 19.2. The summed E-state index contributed by atoms with van der Waals surface area (Å²) in [5.74, 6) is 1.28. The van der Waals surface area contributed by atoms with Gasteiger partial charge in [-0.05, 0) is 48.5 Å². The molecule has 0 amide bonds. The van der Waals surface area contributed by atoms with E-state index in [9.17, 15) is 4.39 Å². The maximum Gasteiger partial charge on any atom is 0.166 e. The average Bonchev–Trinajstić information content (AvgIpc) is 2.68. The summed E-state index contributed by atoms with van der Waals surface area (Å²) in [6, 6.07) is 14.0. The van der Waals surface area contributed by atoms with Crippen molar-refractivity contribution in [2.24, 2.45) is 5.73 Å². The van der Waals surface area contributed by atoms with Crippen molar-refractivity contribution in [2.45, 2.75) is 6.42 Å². The van der Waals surface area contributed by atoms with Crippen LogP contribution in [0.5, 0.6) is 11.5 Å². The van der Waals surface area contributed by atoms with Crippen molar-refractivity contribution in [1.29, 1.82) is 0 Å². The Kier molecular flexibility index (Phi) is 10.8. The summed E-state index contributed by atoms with van der Waals surface area (Å²) in [6.45, 7) is 1.78. The lowest BCUT2D eigenvalue weighted by Crippen LogP contribution is -2.33. The molecule has 0 aliphatic heterocycles. The van der Waals surface area contributed by atoms with E-state index in [1.54, 1.807) is 26.3 Å². The van der Waals surface area contributed by atoms with Crippen LogP contribution in [0, 0.1) is 5.82 Å². The molecule has 26 heavy (non-hydrogen) atoms. The Morgan fingerprint density at radius 1 is 1.12 bits per heavy atom. The molecule has 2 rings (SSSR count). The van der Waals surface area contributed by atoms with Crippen LogP contribution in [-0.4, -0.2) is 39.0 Å². The molecule has 5 nitrogen and oxygen atoms in total. The van der Waals surface area contributed by atoms with Gasteiger partial charge in [0.2, 0.25) is 0 Å². The van der Waals surface area contributed by atoms with Crippen LogP contribution in [0.3, 0.4) is 0 Å². The molecule has 0 spiro atoms. The summed E-state index contributed by atoms with van der Waals surface area (Å²) in [7, 11) is 3.39. The Hall–Kier alpha value is -2.38. The van der Waals surface area contributed by atoms with Crippen molar-refractivity contribution in [1.82, 2.24) is 10.6 Å². The molecular formula is C19H26FN3O2S. The lowest BCUT2D eigenvalue weighted by Gasteiger charge is -2.08. The number of methoxy groups -OCH3 is 1. The number of rotatable bonds is 7. The minimum Gasteiger partial charge on any atom is -0.493 e. The van der Waals surface area contributed by atoms with Crippen LogP contribution in [0.2, 0.25) is 0 Å². The van der Waals surface area contributed by atoms with Gasteiger partial charge in [-0.1, -0.05) is 24.3 Å². The lowest BCUT2D eigenvalue weighted by molar-refractivity contribution is 0.302. The third-order valence-corrected chi connectivity index (χ3v) is 3.63. The van der Waals surface area contributed by atoms with Crippen molar-refractivity contribution in [3.63, 3.8) is 0 Å². The monoisotopic (exact) mass is 379 g/mol. The smallest absolute Gasteiger partial charge is 0.166 e. The van der Waals surface area contributed by atoms with Gasteiger partial charge in [-0.15, -0.1) is 0 Å². The summed E-state index contributed by atoms with van der Waals surface area (Å²) >= 11 is 4.91.